The lowest BCUT2D eigenvalue weighted by molar-refractivity contribution is 1.46. The Kier molecular flexibility index (Phi) is 3.42. The SMILES string of the molecule is Cc1ccc(C#C[Si](C)(C)C)cc1Cl. The van der Waals surface area contributed by atoms with E-state index in [2.05, 4.69) is 31.1 Å². The molecule has 0 radical (unpaired) electrons. The lowest BCUT2D eigenvalue weighted by atomic mass is 10.2. The number of hydrogen-bond acceptors (Lipinski definition) is 0. The molecule has 0 saturated heterocycles. The third-order valence-corrected chi connectivity index (χ3v) is 3.04. The van der Waals surface area contributed by atoms with Crippen molar-refractivity contribution in [2.24, 2.45) is 0 Å². The summed E-state index contributed by atoms with van der Waals surface area (Å²) in [6.07, 6.45) is 0. The second-order valence-electron chi connectivity index (χ2n) is 4.46. The Morgan fingerprint density at radius 2 is 1.86 bits per heavy atom. The van der Waals surface area contributed by atoms with Crippen molar-refractivity contribution < 1.29 is 0 Å². The quantitative estimate of drug-likeness (QED) is 0.462. The fraction of sp³-hybridized carbons (Fsp3) is 0.333. The third-order valence-electron chi connectivity index (χ3n) is 1.75. The summed E-state index contributed by atoms with van der Waals surface area (Å²) in [4.78, 5) is 0. The zero-order valence-corrected chi connectivity index (χ0v) is 10.9. The fourth-order valence-electron chi connectivity index (χ4n) is 0.930. The number of rotatable bonds is 0. The van der Waals surface area contributed by atoms with Crippen molar-refractivity contribution in [1.82, 2.24) is 0 Å². The van der Waals surface area contributed by atoms with Gasteiger partial charge in [-0.2, -0.15) is 0 Å². The standard InChI is InChI=1S/C12H15ClSi/c1-10-5-6-11(9-12(10)13)7-8-14(2,3)4/h5-6,9H,1-4H3. The highest BCUT2D eigenvalue weighted by atomic mass is 35.5. The lowest BCUT2D eigenvalue weighted by Gasteiger charge is -2.03. The average Bonchev–Trinajstić information content (AvgIpc) is 2.06. The molecular weight excluding hydrogens is 208 g/mol. The van der Waals surface area contributed by atoms with Crippen molar-refractivity contribution >= 4 is 19.7 Å². The molecule has 1 rings (SSSR count). The molecule has 2 heteroatoms. The van der Waals surface area contributed by atoms with Crippen molar-refractivity contribution in [3.05, 3.63) is 34.3 Å². The number of aryl methyl sites for hydroxylation is 1. The van der Waals surface area contributed by atoms with E-state index in [1.54, 1.807) is 0 Å². The van der Waals surface area contributed by atoms with E-state index in [-0.39, 0.29) is 0 Å². The van der Waals surface area contributed by atoms with Gasteiger partial charge in [0.05, 0.1) is 0 Å². The van der Waals surface area contributed by atoms with Gasteiger partial charge in [-0.05, 0) is 24.6 Å². The largest absolute Gasteiger partial charge is 0.129 e. The summed E-state index contributed by atoms with van der Waals surface area (Å²) >= 11 is 6.01. The van der Waals surface area contributed by atoms with Gasteiger partial charge >= 0.3 is 0 Å². The predicted molar refractivity (Wildman–Crippen MR) is 66.4 cm³/mol. The van der Waals surface area contributed by atoms with E-state index in [0.717, 1.165) is 16.1 Å². The van der Waals surface area contributed by atoms with Crippen LogP contribution >= 0.6 is 11.6 Å². The highest BCUT2D eigenvalue weighted by Crippen LogP contribution is 2.16. The zero-order valence-electron chi connectivity index (χ0n) is 9.11. The molecule has 1 aromatic carbocycles. The molecule has 0 aliphatic carbocycles. The molecule has 0 aliphatic rings. The molecule has 1 aromatic rings. The monoisotopic (exact) mass is 222 g/mol. The second-order valence-corrected chi connectivity index (χ2v) is 9.62. The molecule has 0 amide bonds. The van der Waals surface area contributed by atoms with Gasteiger partial charge in [0.25, 0.3) is 0 Å². The molecule has 74 valence electrons. The van der Waals surface area contributed by atoms with Gasteiger partial charge in [0, 0.05) is 10.6 Å². The third kappa shape index (κ3) is 3.57. The first-order chi connectivity index (χ1) is 6.38. The molecule has 0 unspecified atom stereocenters. The second kappa shape index (κ2) is 4.21. The van der Waals surface area contributed by atoms with E-state index < -0.39 is 8.07 Å². The average molecular weight is 223 g/mol. The molecule has 14 heavy (non-hydrogen) atoms. The van der Waals surface area contributed by atoms with Crippen LogP contribution in [-0.4, -0.2) is 8.07 Å². The fourth-order valence-corrected chi connectivity index (χ4v) is 1.63. The van der Waals surface area contributed by atoms with Gasteiger partial charge in [-0.15, -0.1) is 5.54 Å². The Labute approximate surface area is 92.3 Å². The first kappa shape index (κ1) is 11.4. The lowest BCUT2D eigenvalue weighted by Crippen LogP contribution is -2.16. The summed E-state index contributed by atoms with van der Waals surface area (Å²) in [5.74, 6) is 3.18. The van der Waals surface area contributed by atoms with Crippen molar-refractivity contribution in [3.8, 4) is 11.5 Å². The van der Waals surface area contributed by atoms with E-state index in [1.807, 2.05) is 25.1 Å². The minimum atomic E-state index is -1.28. The van der Waals surface area contributed by atoms with Crippen molar-refractivity contribution in [1.29, 1.82) is 0 Å². The highest BCUT2D eigenvalue weighted by Gasteiger charge is 2.07. The maximum absolute atomic E-state index is 6.01. The Balaban J connectivity index is 2.98. The van der Waals surface area contributed by atoms with Crippen molar-refractivity contribution in [2.45, 2.75) is 26.6 Å². The van der Waals surface area contributed by atoms with Crippen LogP contribution in [0, 0.1) is 18.4 Å². The van der Waals surface area contributed by atoms with Gasteiger partial charge < -0.3 is 0 Å². The van der Waals surface area contributed by atoms with E-state index in [4.69, 9.17) is 11.6 Å². The van der Waals surface area contributed by atoms with E-state index in [0.29, 0.717) is 0 Å². The van der Waals surface area contributed by atoms with E-state index >= 15 is 0 Å². The maximum atomic E-state index is 6.01. The summed E-state index contributed by atoms with van der Waals surface area (Å²) in [6, 6.07) is 5.97. The van der Waals surface area contributed by atoms with Crippen LogP contribution in [0.15, 0.2) is 18.2 Å². The Morgan fingerprint density at radius 1 is 1.21 bits per heavy atom. The summed E-state index contributed by atoms with van der Waals surface area (Å²) in [6.45, 7) is 8.69. The highest BCUT2D eigenvalue weighted by molar-refractivity contribution is 6.83. The molecule has 0 atom stereocenters. The van der Waals surface area contributed by atoms with Gasteiger partial charge in [0.1, 0.15) is 8.07 Å². The molecule has 0 heterocycles. The van der Waals surface area contributed by atoms with Crippen LogP contribution in [0.25, 0.3) is 0 Å². The molecule has 0 saturated carbocycles. The normalized spacial score (nSPS) is 10.6. The van der Waals surface area contributed by atoms with E-state index in [9.17, 15) is 0 Å². The number of benzene rings is 1. The first-order valence-corrected chi connectivity index (χ1v) is 8.55. The molecule has 0 nitrogen and oxygen atoms in total. The van der Waals surface area contributed by atoms with Crippen molar-refractivity contribution in [2.75, 3.05) is 0 Å². The molecule has 0 fully saturated rings. The minimum absolute atomic E-state index is 0.798. The summed E-state index contributed by atoms with van der Waals surface area (Å²) in [5.41, 5.74) is 5.43. The molecule has 0 N–H and O–H groups in total. The van der Waals surface area contributed by atoms with Gasteiger partial charge in [-0.3, -0.25) is 0 Å². The molecule has 0 spiro atoms. The predicted octanol–water partition coefficient (Wildman–Crippen LogP) is 3.88. The zero-order chi connectivity index (χ0) is 10.8. The van der Waals surface area contributed by atoms with Gasteiger partial charge in [-0.25, -0.2) is 0 Å². The van der Waals surface area contributed by atoms with Crippen LogP contribution < -0.4 is 0 Å². The smallest absolute Gasteiger partial charge is 0.127 e. The summed E-state index contributed by atoms with van der Waals surface area (Å²) < 4.78 is 0. The molecule has 0 bridgehead atoms. The van der Waals surface area contributed by atoms with Gasteiger partial charge in [0.15, 0.2) is 0 Å². The summed E-state index contributed by atoms with van der Waals surface area (Å²) in [5, 5.41) is 0.798. The number of hydrogen-bond donors (Lipinski definition) is 0. The Hall–Kier alpha value is -0.713. The molecule has 0 aliphatic heterocycles. The minimum Gasteiger partial charge on any atom is -0.127 e. The van der Waals surface area contributed by atoms with Crippen LogP contribution in [0.2, 0.25) is 24.7 Å². The van der Waals surface area contributed by atoms with Crippen LogP contribution in [0.4, 0.5) is 0 Å². The Bertz CT molecular complexity index is 391. The first-order valence-electron chi connectivity index (χ1n) is 4.68. The topological polar surface area (TPSA) is 0 Å². The molecular formula is C12H15ClSi. The van der Waals surface area contributed by atoms with E-state index in [1.165, 1.54) is 0 Å². The van der Waals surface area contributed by atoms with Crippen molar-refractivity contribution in [3.63, 3.8) is 0 Å². The van der Waals surface area contributed by atoms with Crippen LogP contribution in [0.3, 0.4) is 0 Å². The Morgan fingerprint density at radius 3 is 2.36 bits per heavy atom. The van der Waals surface area contributed by atoms with Gasteiger partial charge in [-0.1, -0.05) is 43.2 Å². The summed E-state index contributed by atoms with van der Waals surface area (Å²) in [7, 11) is -1.28. The number of halogens is 1. The van der Waals surface area contributed by atoms with Crippen LogP contribution in [0.1, 0.15) is 11.1 Å². The molecule has 0 aromatic heterocycles. The van der Waals surface area contributed by atoms with Gasteiger partial charge in [0.2, 0.25) is 0 Å². The maximum Gasteiger partial charge on any atom is 0.129 e. The van der Waals surface area contributed by atoms with Crippen LogP contribution in [0.5, 0.6) is 0 Å². The van der Waals surface area contributed by atoms with Crippen LogP contribution in [-0.2, 0) is 0 Å².